The Morgan fingerprint density at radius 1 is 1.40 bits per heavy atom. The van der Waals surface area contributed by atoms with E-state index in [2.05, 4.69) is 5.32 Å². The van der Waals surface area contributed by atoms with E-state index in [1.54, 1.807) is 18.2 Å². The number of carbonyl (C=O) groups is 1. The van der Waals surface area contributed by atoms with Gasteiger partial charge in [0.1, 0.15) is 0 Å². The highest BCUT2D eigenvalue weighted by molar-refractivity contribution is 6.30. The summed E-state index contributed by atoms with van der Waals surface area (Å²) in [6.07, 6.45) is -0.600. The minimum absolute atomic E-state index is 0.0143. The molecule has 1 aromatic rings. The Morgan fingerprint density at radius 2 is 2.13 bits per heavy atom. The molecule has 0 saturated heterocycles. The standard InChI is InChI=1S/C10H12ClNO3/c11-9-2-1-8(6-12-10(14)15)7(5-9)3-4-13/h1-2,5,12-13H,3-4,6H2,(H,14,15). The van der Waals surface area contributed by atoms with Crippen LogP contribution in [0.3, 0.4) is 0 Å². The lowest BCUT2D eigenvalue weighted by molar-refractivity contribution is 0.194. The quantitative estimate of drug-likeness (QED) is 0.735. The molecule has 5 heteroatoms. The summed E-state index contributed by atoms with van der Waals surface area (Å²) in [5.74, 6) is 0. The van der Waals surface area contributed by atoms with Crippen LogP contribution in [0.15, 0.2) is 18.2 Å². The predicted octanol–water partition coefficient (Wildman–Crippen LogP) is 1.64. The van der Waals surface area contributed by atoms with Crippen LogP contribution in [0.5, 0.6) is 0 Å². The summed E-state index contributed by atoms with van der Waals surface area (Å²) in [6, 6.07) is 5.18. The molecule has 0 aliphatic heterocycles. The van der Waals surface area contributed by atoms with Gasteiger partial charge in [-0.2, -0.15) is 0 Å². The Labute approximate surface area is 92.5 Å². The van der Waals surface area contributed by atoms with Gasteiger partial charge >= 0.3 is 6.09 Å². The summed E-state index contributed by atoms with van der Waals surface area (Å²) in [6.45, 7) is 0.238. The van der Waals surface area contributed by atoms with Gasteiger partial charge < -0.3 is 15.5 Å². The Kier molecular flexibility index (Phi) is 4.39. The first-order chi connectivity index (χ1) is 7.13. The van der Waals surface area contributed by atoms with Crippen molar-refractivity contribution in [1.82, 2.24) is 5.32 Å². The number of nitrogens with one attached hydrogen (secondary N) is 1. The Hall–Kier alpha value is -1.26. The van der Waals surface area contributed by atoms with E-state index in [4.69, 9.17) is 21.8 Å². The predicted molar refractivity (Wildman–Crippen MR) is 57.1 cm³/mol. The maximum Gasteiger partial charge on any atom is 0.404 e. The maximum atomic E-state index is 10.3. The molecular weight excluding hydrogens is 218 g/mol. The molecule has 0 aliphatic carbocycles. The zero-order valence-electron chi connectivity index (χ0n) is 8.03. The molecule has 4 nitrogen and oxygen atoms in total. The third-order valence-corrected chi connectivity index (χ3v) is 2.21. The molecule has 82 valence electrons. The summed E-state index contributed by atoms with van der Waals surface area (Å²) in [5, 5.41) is 20.1. The molecule has 0 saturated carbocycles. The lowest BCUT2D eigenvalue weighted by atomic mass is 10.1. The van der Waals surface area contributed by atoms with Crippen LogP contribution in [0.2, 0.25) is 5.02 Å². The van der Waals surface area contributed by atoms with Crippen molar-refractivity contribution in [2.24, 2.45) is 0 Å². The molecule has 0 spiro atoms. The van der Waals surface area contributed by atoms with Crippen LogP contribution in [0.25, 0.3) is 0 Å². The Balaban J connectivity index is 2.80. The summed E-state index contributed by atoms with van der Waals surface area (Å²) in [7, 11) is 0. The van der Waals surface area contributed by atoms with Gasteiger partial charge in [-0.3, -0.25) is 0 Å². The number of amides is 1. The van der Waals surface area contributed by atoms with E-state index in [1.807, 2.05) is 0 Å². The molecule has 0 aliphatic rings. The van der Waals surface area contributed by atoms with Crippen LogP contribution < -0.4 is 5.32 Å². The second-order valence-electron chi connectivity index (χ2n) is 3.05. The zero-order valence-corrected chi connectivity index (χ0v) is 8.79. The number of halogens is 1. The van der Waals surface area contributed by atoms with Gasteiger partial charge in [0.15, 0.2) is 0 Å². The van der Waals surface area contributed by atoms with E-state index in [1.165, 1.54) is 0 Å². The molecule has 0 atom stereocenters. The van der Waals surface area contributed by atoms with Crippen molar-refractivity contribution in [3.63, 3.8) is 0 Å². The van der Waals surface area contributed by atoms with Crippen LogP contribution in [-0.4, -0.2) is 22.9 Å². The van der Waals surface area contributed by atoms with Crippen molar-refractivity contribution in [1.29, 1.82) is 0 Å². The lowest BCUT2D eigenvalue weighted by Crippen LogP contribution is -2.20. The average Bonchev–Trinajstić information content (AvgIpc) is 2.17. The number of benzene rings is 1. The van der Waals surface area contributed by atoms with Crippen LogP contribution in [-0.2, 0) is 13.0 Å². The monoisotopic (exact) mass is 229 g/mol. The maximum absolute atomic E-state index is 10.3. The van der Waals surface area contributed by atoms with Crippen LogP contribution >= 0.6 is 11.6 Å². The molecule has 1 rings (SSSR count). The molecule has 0 heterocycles. The molecule has 0 fully saturated rings. The van der Waals surface area contributed by atoms with Crippen molar-refractivity contribution in [3.8, 4) is 0 Å². The Morgan fingerprint density at radius 3 is 2.73 bits per heavy atom. The smallest absolute Gasteiger partial charge is 0.404 e. The molecule has 0 aromatic heterocycles. The number of aliphatic hydroxyl groups excluding tert-OH is 1. The summed E-state index contributed by atoms with van der Waals surface area (Å²) in [4.78, 5) is 10.3. The van der Waals surface area contributed by atoms with Crippen molar-refractivity contribution in [2.45, 2.75) is 13.0 Å². The van der Waals surface area contributed by atoms with E-state index >= 15 is 0 Å². The van der Waals surface area contributed by atoms with Gasteiger partial charge in [-0.05, 0) is 29.7 Å². The highest BCUT2D eigenvalue weighted by atomic mass is 35.5. The van der Waals surface area contributed by atoms with Gasteiger partial charge in [0.2, 0.25) is 0 Å². The zero-order chi connectivity index (χ0) is 11.3. The number of hydrogen-bond donors (Lipinski definition) is 3. The van der Waals surface area contributed by atoms with Gasteiger partial charge in [0.05, 0.1) is 0 Å². The first kappa shape index (κ1) is 11.8. The van der Waals surface area contributed by atoms with E-state index in [0.717, 1.165) is 11.1 Å². The number of rotatable bonds is 4. The molecule has 1 amide bonds. The molecule has 15 heavy (non-hydrogen) atoms. The van der Waals surface area contributed by atoms with Crippen molar-refractivity contribution in [3.05, 3.63) is 34.3 Å². The van der Waals surface area contributed by atoms with Crippen LogP contribution in [0, 0.1) is 0 Å². The molecule has 0 radical (unpaired) electrons. The van der Waals surface area contributed by atoms with Crippen molar-refractivity contribution < 1.29 is 15.0 Å². The average molecular weight is 230 g/mol. The van der Waals surface area contributed by atoms with E-state index in [0.29, 0.717) is 11.4 Å². The van der Waals surface area contributed by atoms with Crippen molar-refractivity contribution >= 4 is 17.7 Å². The number of hydrogen-bond acceptors (Lipinski definition) is 2. The summed E-state index contributed by atoms with van der Waals surface area (Å²) in [5.41, 5.74) is 1.69. The fourth-order valence-electron chi connectivity index (χ4n) is 1.29. The second-order valence-corrected chi connectivity index (χ2v) is 3.48. The molecule has 3 N–H and O–H groups in total. The number of aliphatic hydroxyl groups is 1. The minimum atomic E-state index is -1.07. The van der Waals surface area contributed by atoms with Crippen LogP contribution in [0.1, 0.15) is 11.1 Å². The largest absolute Gasteiger partial charge is 0.465 e. The van der Waals surface area contributed by atoms with E-state index < -0.39 is 6.09 Å². The molecule has 0 unspecified atom stereocenters. The fraction of sp³-hybridized carbons (Fsp3) is 0.300. The number of carboxylic acid groups (broad SMARTS) is 1. The van der Waals surface area contributed by atoms with Gasteiger partial charge in [-0.15, -0.1) is 0 Å². The fourth-order valence-corrected chi connectivity index (χ4v) is 1.49. The normalized spacial score (nSPS) is 10.0. The SMILES string of the molecule is O=C(O)NCc1ccc(Cl)cc1CCO. The highest BCUT2D eigenvalue weighted by Gasteiger charge is 2.04. The lowest BCUT2D eigenvalue weighted by Gasteiger charge is -2.08. The minimum Gasteiger partial charge on any atom is -0.465 e. The summed E-state index contributed by atoms with van der Waals surface area (Å²) >= 11 is 5.80. The topological polar surface area (TPSA) is 69.6 Å². The van der Waals surface area contributed by atoms with Gasteiger partial charge in [-0.1, -0.05) is 17.7 Å². The summed E-state index contributed by atoms with van der Waals surface area (Å²) < 4.78 is 0. The first-order valence-corrected chi connectivity index (χ1v) is 4.86. The van der Waals surface area contributed by atoms with Crippen LogP contribution in [0.4, 0.5) is 4.79 Å². The van der Waals surface area contributed by atoms with Gasteiger partial charge in [0, 0.05) is 18.2 Å². The van der Waals surface area contributed by atoms with Gasteiger partial charge in [0.25, 0.3) is 0 Å². The Bertz CT molecular complexity index is 355. The second kappa shape index (κ2) is 5.58. The van der Waals surface area contributed by atoms with E-state index in [-0.39, 0.29) is 13.2 Å². The molecular formula is C10H12ClNO3. The molecule has 0 bridgehead atoms. The first-order valence-electron chi connectivity index (χ1n) is 4.48. The van der Waals surface area contributed by atoms with E-state index in [9.17, 15) is 4.79 Å². The van der Waals surface area contributed by atoms with Crippen molar-refractivity contribution in [2.75, 3.05) is 6.61 Å². The third-order valence-electron chi connectivity index (χ3n) is 1.98. The van der Waals surface area contributed by atoms with Gasteiger partial charge in [-0.25, -0.2) is 4.79 Å². The molecule has 1 aromatic carbocycles. The third kappa shape index (κ3) is 3.77. The highest BCUT2D eigenvalue weighted by Crippen LogP contribution is 2.16.